The van der Waals surface area contributed by atoms with E-state index in [4.69, 9.17) is 4.74 Å². The summed E-state index contributed by atoms with van der Waals surface area (Å²) in [4.78, 5) is 34.7. The van der Waals surface area contributed by atoms with Crippen LogP contribution in [0.4, 0.5) is 4.79 Å². The molecule has 0 bridgehead atoms. The molecule has 0 atom stereocenters. The van der Waals surface area contributed by atoms with Gasteiger partial charge in [-0.15, -0.1) is 0 Å². The lowest BCUT2D eigenvalue weighted by molar-refractivity contribution is 0.0641. The summed E-state index contributed by atoms with van der Waals surface area (Å²) in [5.41, 5.74) is 1.62. The second-order valence-corrected chi connectivity index (χ2v) is 6.91. The Labute approximate surface area is 171 Å². The van der Waals surface area contributed by atoms with Crippen LogP contribution < -0.4 is 4.74 Å². The Morgan fingerprint density at radius 2 is 1.66 bits per heavy atom. The number of amides is 3. The first-order chi connectivity index (χ1) is 14.1. The van der Waals surface area contributed by atoms with Crippen molar-refractivity contribution in [2.75, 3.05) is 39.3 Å². The van der Waals surface area contributed by atoms with Gasteiger partial charge in [-0.2, -0.15) is 0 Å². The first-order valence-electron chi connectivity index (χ1n) is 10.1. The number of hydrogen-bond acceptors (Lipinski definition) is 4. The maximum Gasteiger partial charge on any atom is 0.320 e. The van der Waals surface area contributed by atoms with Crippen LogP contribution in [0.3, 0.4) is 0 Å². The predicted molar refractivity (Wildman–Crippen MR) is 111 cm³/mol. The van der Waals surface area contributed by atoms with Crippen molar-refractivity contribution in [3.8, 4) is 5.75 Å². The smallest absolute Gasteiger partial charge is 0.320 e. The molecule has 3 rings (SSSR count). The minimum atomic E-state index is -0.0150. The van der Waals surface area contributed by atoms with Gasteiger partial charge < -0.3 is 19.4 Å². The summed E-state index contributed by atoms with van der Waals surface area (Å²) in [6, 6.07) is 11.1. The highest BCUT2D eigenvalue weighted by Gasteiger charge is 2.26. The Bertz CT molecular complexity index is 799. The Kier molecular flexibility index (Phi) is 7.05. The van der Waals surface area contributed by atoms with Gasteiger partial charge in [-0.25, -0.2) is 4.79 Å². The molecule has 0 spiro atoms. The van der Waals surface area contributed by atoms with Gasteiger partial charge in [-0.1, -0.05) is 6.07 Å². The Balaban J connectivity index is 1.51. The van der Waals surface area contributed by atoms with Gasteiger partial charge in [0.05, 0.1) is 0 Å². The van der Waals surface area contributed by atoms with E-state index in [2.05, 4.69) is 4.98 Å². The van der Waals surface area contributed by atoms with Crippen molar-refractivity contribution in [1.82, 2.24) is 19.7 Å². The van der Waals surface area contributed by atoms with Crippen molar-refractivity contribution in [2.45, 2.75) is 20.5 Å². The fourth-order valence-corrected chi connectivity index (χ4v) is 3.32. The maximum atomic E-state index is 12.8. The molecule has 1 aliphatic heterocycles. The van der Waals surface area contributed by atoms with Gasteiger partial charge in [-0.3, -0.25) is 9.78 Å². The average molecular weight is 396 g/mol. The van der Waals surface area contributed by atoms with Crippen LogP contribution in [0.2, 0.25) is 0 Å². The summed E-state index contributed by atoms with van der Waals surface area (Å²) in [5.74, 6) is 0.693. The first kappa shape index (κ1) is 20.6. The standard InChI is InChI=1S/C22H28N4O3/c1-3-24(4-2)22(28)26-14-12-25(13-15-26)21(27)19-7-9-20(10-8-19)29-17-18-6-5-11-23-16-18/h5-11,16H,3-4,12-15,17H2,1-2H3. The van der Waals surface area contributed by atoms with Crippen molar-refractivity contribution in [2.24, 2.45) is 0 Å². The normalized spacial score (nSPS) is 13.9. The number of urea groups is 1. The minimum Gasteiger partial charge on any atom is -0.489 e. The third-order valence-corrected chi connectivity index (χ3v) is 5.10. The molecule has 29 heavy (non-hydrogen) atoms. The van der Waals surface area contributed by atoms with E-state index in [1.807, 2.05) is 47.9 Å². The van der Waals surface area contributed by atoms with Gasteiger partial charge in [0.2, 0.25) is 0 Å². The number of carbonyl (C=O) groups excluding carboxylic acids is 2. The molecule has 1 fully saturated rings. The Morgan fingerprint density at radius 1 is 1.00 bits per heavy atom. The van der Waals surface area contributed by atoms with E-state index in [1.54, 1.807) is 29.4 Å². The zero-order valence-electron chi connectivity index (χ0n) is 17.1. The van der Waals surface area contributed by atoms with Gasteiger partial charge >= 0.3 is 6.03 Å². The molecule has 0 saturated carbocycles. The van der Waals surface area contributed by atoms with Gasteiger partial charge in [0.1, 0.15) is 12.4 Å². The lowest BCUT2D eigenvalue weighted by atomic mass is 10.1. The fourth-order valence-electron chi connectivity index (χ4n) is 3.32. The molecule has 0 aliphatic carbocycles. The number of benzene rings is 1. The molecular weight excluding hydrogens is 368 g/mol. The number of carbonyl (C=O) groups is 2. The number of hydrogen-bond donors (Lipinski definition) is 0. The van der Waals surface area contributed by atoms with Gasteiger partial charge in [0.15, 0.2) is 0 Å². The number of ether oxygens (including phenoxy) is 1. The maximum absolute atomic E-state index is 12.8. The first-order valence-corrected chi connectivity index (χ1v) is 10.1. The molecule has 7 nitrogen and oxygen atoms in total. The SMILES string of the molecule is CCN(CC)C(=O)N1CCN(C(=O)c2ccc(OCc3cccnc3)cc2)CC1. The van der Waals surface area contributed by atoms with Crippen LogP contribution in [0.15, 0.2) is 48.8 Å². The molecule has 1 aliphatic rings. The van der Waals surface area contributed by atoms with E-state index >= 15 is 0 Å². The molecule has 3 amide bonds. The van der Waals surface area contributed by atoms with E-state index in [-0.39, 0.29) is 11.9 Å². The van der Waals surface area contributed by atoms with Crippen molar-refractivity contribution in [3.05, 3.63) is 59.9 Å². The minimum absolute atomic E-state index is 0.0150. The van der Waals surface area contributed by atoms with E-state index < -0.39 is 0 Å². The highest BCUT2D eigenvalue weighted by Crippen LogP contribution is 2.16. The van der Waals surface area contributed by atoms with Crippen molar-refractivity contribution < 1.29 is 14.3 Å². The summed E-state index contributed by atoms with van der Waals surface area (Å²) in [6.07, 6.45) is 3.49. The molecule has 1 aromatic carbocycles. The zero-order valence-corrected chi connectivity index (χ0v) is 17.1. The second kappa shape index (κ2) is 9.91. The molecule has 0 radical (unpaired) electrons. The zero-order chi connectivity index (χ0) is 20.6. The van der Waals surface area contributed by atoms with E-state index in [0.717, 1.165) is 5.56 Å². The summed E-state index contributed by atoms with van der Waals surface area (Å²) < 4.78 is 5.74. The largest absolute Gasteiger partial charge is 0.489 e. The quantitative estimate of drug-likeness (QED) is 0.753. The molecule has 0 unspecified atom stereocenters. The summed E-state index contributed by atoms with van der Waals surface area (Å²) >= 11 is 0. The van der Waals surface area contributed by atoms with E-state index in [0.29, 0.717) is 57.2 Å². The highest BCUT2D eigenvalue weighted by atomic mass is 16.5. The summed E-state index contributed by atoms with van der Waals surface area (Å²) in [7, 11) is 0. The van der Waals surface area contributed by atoms with Crippen LogP contribution in [-0.2, 0) is 6.61 Å². The van der Waals surface area contributed by atoms with Gasteiger partial charge in [0, 0.05) is 62.8 Å². The Hall–Kier alpha value is -3.09. The molecule has 2 heterocycles. The number of rotatable bonds is 6. The molecule has 154 valence electrons. The summed E-state index contributed by atoms with van der Waals surface area (Å²) in [6.45, 7) is 8.00. The third-order valence-electron chi connectivity index (χ3n) is 5.10. The lowest BCUT2D eigenvalue weighted by Gasteiger charge is -2.37. The van der Waals surface area contributed by atoms with Crippen LogP contribution in [0.1, 0.15) is 29.8 Å². The number of aromatic nitrogens is 1. The predicted octanol–water partition coefficient (Wildman–Crippen LogP) is 2.88. The topological polar surface area (TPSA) is 66.0 Å². The van der Waals surface area contributed by atoms with Crippen LogP contribution in [0.5, 0.6) is 5.75 Å². The molecule has 0 N–H and O–H groups in total. The number of nitrogens with zero attached hydrogens (tertiary/aromatic N) is 4. The van der Waals surface area contributed by atoms with Gasteiger partial charge in [-0.05, 0) is 44.2 Å². The molecule has 1 saturated heterocycles. The monoisotopic (exact) mass is 396 g/mol. The third kappa shape index (κ3) is 5.25. The lowest BCUT2D eigenvalue weighted by Crippen LogP contribution is -2.54. The number of pyridine rings is 1. The van der Waals surface area contributed by atoms with E-state index in [9.17, 15) is 9.59 Å². The van der Waals surface area contributed by atoms with Crippen LogP contribution in [0, 0.1) is 0 Å². The molecule has 2 aromatic rings. The average Bonchev–Trinajstić information content (AvgIpc) is 2.79. The molecule has 1 aromatic heterocycles. The highest BCUT2D eigenvalue weighted by molar-refractivity contribution is 5.94. The Morgan fingerprint density at radius 3 is 2.24 bits per heavy atom. The van der Waals surface area contributed by atoms with Crippen LogP contribution in [0.25, 0.3) is 0 Å². The van der Waals surface area contributed by atoms with Gasteiger partial charge in [0.25, 0.3) is 5.91 Å². The van der Waals surface area contributed by atoms with E-state index in [1.165, 1.54) is 0 Å². The van der Waals surface area contributed by atoms with Crippen molar-refractivity contribution >= 4 is 11.9 Å². The number of piperazine rings is 1. The van der Waals surface area contributed by atoms with Crippen molar-refractivity contribution in [1.29, 1.82) is 0 Å². The molecule has 7 heteroatoms. The second-order valence-electron chi connectivity index (χ2n) is 6.91. The molecular formula is C22H28N4O3. The fraction of sp³-hybridized carbons (Fsp3) is 0.409. The van der Waals surface area contributed by atoms with Crippen LogP contribution in [-0.4, -0.2) is 70.9 Å². The van der Waals surface area contributed by atoms with Crippen LogP contribution >= 0.6 is 0 Å². The summed E-state index contributed by atoms with van der Waals surface area (Å²) in [5, 5.41) is 0. The van der Waals surface area contributed by atoms with Crippen molar-refractivity contribution in [3.63, 3.8) is 0 Å².